The molecule has 238 valence electrons. The molecular weight excluding hydrogens is 509 g/mol. The van der Waals surface area contributed by atoms with Crippen LogP contribution in [0.2, 0.25) is 0 Å². The quantitative estimate of drug-likeness (QED) is 0.0454. The largest absolute Gasteiger partial charge is 0.460 e. The molecule has 5 heteroatoms. The van der Waals surface area contributed by atoms with Crippen molar-refractivity contribution in [2.45, 2.75) is 200 Å². The van der Waals surface area contributed by atoms with Crippen LogP contribution >= 0.6 is 0 Å². The minimum Gasteiger partial charge on any atom is -0.460 e. The molecule has 0 rings (SSSR count). The predicted molar refractivity (Wildman–Crippen MR) is 165 cm³/mol. The summed E-state index contributed by atoms with van der Waals surface area (Å²) in [5.41, 5.74) is 0. The van der Waals surface area contributed by atoms with Gasteiger partial charge in [0, 0.05) is 0 Å². The minimum atomic E-state index is -2.62. The summed E-state index contributed by atoms with van der Waals surface area (Å²) in [4.78, 5) is 10.9. The highest BCUT2D eigenvalue weighted by Crippen LogP contribution is 2.17. The zero-order chi connectivity index (χ0) is 29.4. The van der Waals surface area contributed by atoms with E-state index in [0.717, 1.165) is 19.3 Å². The van der Waals surface area contributed by atoms with Gasteiger partial charge in [-0.1, -0.05) is 193 Å². The number of hydrogen-bond acceptors (Lipinski definition) is 2. The third-order valence-corrected chi connectivity index (χ3v) is 8.08. The molecule has 0 atom stereocenters. The fourth-order valence-electron chi connectivity index (χ4n) is 5.43. The Hall–Kier alpha value is -1.00. The second-order valence-corrected chi connectivity index (χ2v) is 12.0. The van der Waals surface area contributed by atoms with Crippen molar-refractivity contribution in [1.29, 1.82) is 0 Å². The second kappa shape index (κ2) is 32.5. The van der Waals surface area contributed by atoms with Crippen molar-refractivity contribution in [3.63, 3.8) is 0 Å². The first-order chi connectivity index (χ1) is 19.6. The molecular formula is C35H65F3O2. The number of halogens is 3. The number of unbranched alkanes of at least 4 members (excludes halogenated alkanes) is 29. The summed E-state index contributed by atoms with van der Waals surface area (Å²) >= 11 is 0. The third-order valence-electron chi connectivity index (χ3n) is 8.08. The fourth-order valence-corrected chi connectivity index (χ4v) is 5.43. The highest BCUT2D eigenvalue weighted by molar-refractivity contribution is 5.86. The number of carbonyl (C=O) groups excluding carboxylic acids is 1. The average molecular weight is 575 g/mol. The van der Waals surface area contributed by atoms with Gasteiger partial charge in [0.15, 0.2) is 0 Å². The summed E-state index contributed by atoms with van der Waals surface area (Å²) in [7, 11) is 0. The van der Waals surface area contributed by atoms with Gasteiger partial charge in [0.25, 0.3) is 5.83 Å². The molecule has 0 unspecified atom stereocenters. The van der Waals surface area contributed by atoms with Crippen LogP contribution in [0.15, 0.2) is 11.9 Å². The molecule has 2 nitrogen and oxygen atoms in total. The van der Waals surface area contributed by atoms with E-state index in [1.807, 2.05) is 0 Å². The van der Waals surface area contributed by atoms with Crippen molar-refractivity contribution in [1.82, 2.24) is 0 Å². The van der Waals surface area contributed by atoms with Crippen molar-refractivity contribution in [3.8, 4) is 0 Å². The first-order valence-electron chi connectivity index (χ1n) is 17.5. The summed E-state index contributed by atoms with van der Waals surface area (Å²) in [6.07, 6.45) is 37.6. The van der Waals surface area contributed by atoms with E-state index in [2.05, 4.69) is 11.7 Å². The normalized spacial score (nSPS) is 11.2. The Kier molecular flexibility index (Phi) is 31.7. The Morgan fingerprint density at radius 1 is 0.400 bits per heavy atom. The second-order valence-electron chi connectivity index (χ2n) is 12.0. The van der Waals surface area contributed by atoms with Gasteiger partial charge in [-0.05, 0) is 6.42 Å². The Balaban J connectivity index is 3.11. The van der Waals surface area contributed by atoms with Crippen LogP contribution in [-0.4, -0.2) is 12.6 Å². The Morgan fingerprint density at radius 2 is 0.625 bits per heavy atom. The summed E-state index contributed by atoms with van der Waals surface area (Å²) in [6.45, 7) is 2.29. The van der Waals surface area contributed by atoms with Crippen molar-refractivity contribution in [2.24, 2.45) is 0 Å². The van der Waals surface area contributed by atoms with E-state index in [4.69, 9.17) is 0 Å². The topological polar surface area (TPSA) is 26.3 Å². The summed E-state index contributed by atoms with van der Waals surface area (Å²) in [5, 5.41) is 0. The number of rotatable bonds is 32. The molecule has 0 spiro atoms. The summed E-state index contributed by atoms with van der Waals surface area (Å²) in [6, 6.07) is 0. The van der Waals surface area contributed by atoms with E-state index in [1.54, 1.807) is 0 Å². The zero-order valence-electron chi connectivity index (χ0n) is 26.4. The van der Waals surface area contributed by atoms with Crippen LogP contribution in [0.5, 0.6) is 0 Å². The standard InChI is InChI=1S/C35H65F3O2/c1-2-3-4-5-6-7-8-9-10-11-12-13-14-15-16-17-18-19-20-21-22-23-24-25-26-27-28-29-30-31-32-40-35(39)33(36)34(37)38/h2-32H2,1H3. The van der Waals surface area contributed by atoms with Crippen LogP contribution in [0.25, 0.3) is 0 Å². The van der Waals surface area contributed by atoms with Gasteiger partial charge in [0.1, 0.15) is 0 Å². The lowest BCUT2D eigenvalue weighted by atomic mass is 10.0. The maximum Gasteiger partial charge on any atom is 0.372 e. The van der Waals surface area contributed by atoms with E-state index in [1.165, 1.54) is 167 Å². The molecule has 0 aromatic heterocycles. The maximum absolute atomic E-state index is 12.6. The molecule has 0 saturated carbocycles. The SMILES string of the molecule is CCCCCCCCCCCCCCCCCCCCCCCCCCCCCCCCOC(=O)C(F)=C(F)F. The number of esters is 1. The van der Waals surface area contributed by atoms with E-state index in [0.29, 0.717) is 6.42 Å². The van der Waals surface area contributed by atoms with Gasteiger partial charge in [-0.25, -0.2) is 4.79 Å². The molecule has 0 N–H and O–H groups in total. The number of carbonyl (C=O) groups is 1. The predicted octanol–water partition coefficient (Wildman–Crippen LogP) is 13.3. The van der Waals surface area contributed by atoms with E-state index < -0.39 is 17.9 Å². The van der Waals surface area contributed by atoms with Gasteiger partial charge in [-0.3, -0.25) is 0 Å². The highest BCUT2D eigenvalue weighted by atomic mass is 19.3. The molecule has 0 aliphatic carbocycles. The average Bonchev–Trinajstić information content (AvgIpc) is 2.95. The molecule has 40 heavy (non-hydrogen) atoms. The summed E-state index contributed by atoms with van der Waals surface area (Å²) < 4.78 is 40.9. The molecule has 0 radical (unpaired) electrons. The van der Waals surface area contributed by atoms with Crippen LogP contribution < -0.4 is 0 Å². The van der Waals surface area contributed by atoms with Gasteiger partial charge in [-0.2, -0.15) is 13.2 Å². The van der Waals surface area contributed by atoms with Crippen LogP contribution in [0.1, 0.15) is 200 Å². The first-order valence-corrected chi connectivity index (χ1v) is 17.5. The molecule has 0 fully saturated rings. The molecule has 0 aromatic carbocycles. The lowest BCUT2D eigenvalue weighted by Gasteiger charge is -2.05. The lowest BCUT2D eigenvalue weighted by Crippen LogP contribution is -2.07. The molecule has 0 amide bonds. The molecule has 0 heterocycles. The van der Waals surface area contributed by atoms with Crippen molar-refractivity contribution < 1.29 is 22.7 Å². The maximum atomic E-state index is 12.6. The zero-order valence-corrected chi connectivity index (χ0v) is 26.4. The third kappa shape index (κ3) is 30.0. The number of ether oxygens (including phenoxy) is 1. The fraction of sp³-hybridized carbons (Fsp3) is 0.914. The molecule has 0 saturated heterocycles. The van der Waals surface area contributed by atoms with Crippen molar-refractivity contribution >= 4 is 5.97 Å². The van der Waals surface area contributed by atoms with Crippen LogP contribution in [0.3, 0.4) is 0 Å². The molecule has 0 aliphatic rings. The number of hydrogen-bond donors (Lipinski definition) is 0. The smallest absolute Gasteiger partial charge is 0.372 e. The van der Waals surface area contributed by atoms with Gasteiger partial charge in [0.2, 0.25) is 0 Å². The van der Waals surface area contributed by atoms with Crippen molar-refractivity contribution in [2.75, 3.05) is 6.61 Å². The Morgan fingerprint density at radius 3 is 0.850 bits per heavy atom. The molecule has 0 aromatic rings. The lowest BCUT2D eigenvalue weighted by molar-refractivity contribution is -0.141. The van der Waals surface area contributed by atoms with Gasteiger partial charge in [-0.15, -0.1) is 0 Å². The Labute approximate surface area is 246 Å². The van der Waals surface area contributed by atoms with Crippen molar-refractivity contribution in [3.05, 3.63) is 11.9 Å². The van der Waals surface area contributed by atoms with Gasteiger partial charge >= 0.3 is 12.0 Å². The first kappa shape index (κ1) is 39.0. The molecule has 0 aliphatic heterocycles. The minimum absolute atomic E-state index is 0.000951. The monoisotopic (exact) mass is 574 g/mol. The van der Waals surface area contributed by atoms with E-state index >= 15 is 0 Å². The summed E-state index contributed by atoms with van der Waals surface area (Å²) in [5.74, 6) is -3.64. The van der Waals surface area contributed by atoms with E-state index in [-0.39, 0.29) is 6.61 Å². The van der Waals surface area contributed by atoms with Gasteiger partial charge < -0.3 is 4.74 Å². The van der Waals surface area contributed by atoms with Crippen LogP contribution in [0.4, 0.5) is 13.2 Å². The van der Waals surface area contributed by atoms with E-state index in [9.17, 15) is 18.0 Å². The molecule has 0 bridgehead atoms. The van der Waals surface area contributed by atoms with Crippen LogP contribution in [-0.2, 0) is 9.53 Å². The Bertz CT molecular complexity index is 561. The highest BCUT2D eigenvalue weighted by Gasteiger charge is 2.16. The van der Waals surface area contributed by atoms with Gasteiger partial charge in [0.05, 0.1) is 6.61 Å². The van der Waals surface area contributed by atoms with Crippen LogP contribution in [0, 0.1) is 0 Å².